The Morgan fingerprint density at radius 2 is 1.71 bits per heavy atom. The third-order valence-electron chi connectivity index (χ3n) is 6.27. The molecule has 2 heterocycles. The van der Waals surface area contributed by atoms with Gasteiger partial charge < -0.3 is 10.2 Å². The molecule has 6 nitrogen and oxygen atoms in total. The van der Waals surface area contributed by atoms with Gasteiger partial charge in [0, 0.05) is 54.4 Å². The molecule has 1 aromatic heterocycles. The second-order valence-corrected chi connectivity index (χ2v) is 9.89. The lowest BCUT2D eigenvalue weighted by molar-refractivity contribution is -0.116. The van der Waals surface area contributed by atoms with E-state index in [2.05, 4.69) is 9.88 Å². The predicted octanol–water partition coefficient (Wildman–Crippen LogP) is 5.09. The molecule has 1 aliphatic rings. The number of hydrogen-bond donors (Lipinski definition) is 1. The molecule has 1 aliphatic heterocycles. The molecule has 0 saturated carbocycles. The van der Waals surface area contributed by atoms with E-state index in [0.29, 0.717) is 18.4 Å². The summed E-state index contributed by atoms with van der Waals surface area (Å²) in [5.41, 5.74) is 5.25. The lowest BCUT2D eigenvalue weighted by Gasteiger charge is -2.26. The Bertz CT molecular complexity index is 1360. The van der Waals surface area contributed by atoms with E-state index in [4.69, 9.17) is 4.98 Å². The quantitative estimate of drug-likeness (QED) is 0.414. The number of para-hydroxylation sites is 3. The molecule has 0 radical (unpaired) electrons. The molecule has 0 bridgehead atoms. The van der Waals surface area contributed by atoms with Crippen molar-refractivity contribution in [1.82, 2.24) is 14.5 Å². The van der Waals surface area contributed by atoms with Gasteiger partial charge in [-0.25, -0.2) is 4.98 Å². The lowest BCUT2D eigenvalue weighted by Crippen LogP contribution is -2.37. The predicted molar refractivity (Wildman–Crippen MR) is 142 cm³/mol. The minimum absolute atomic E-state index is 0.0612. The number of anilines is 1. The number of aromatic nitrogens is 2. The molecule has 1 saturated heterocycles. The smallest absolute Gasteiger partial charge is 0.253 e. The van der Waals surface area contributed by atoms with E-state index < -0.39 is 0 Å². The molecule has 5 rings (SSSR count). The average molecular weight is 485 g/mol. The number of benzene rings is 3. The number of amides is 2. The number of rotatable bonds is 6. The van der Waals surface area contributed by atoms with Crippen LogP contribution >= 0.6 is 11.8 Å². The number of imidazole rings is 1. The third kappa shape index (κ3) is 5.10. The van der Waals surface area contributed by atoms with Gasteiger partial charge in [-0.1, -0.05) is 30.3 Å². The first-order valence-electron chi connectivity index (χ1n) is 11.9. The van der Waals surface area contributed by atoms with Gasteiger partial charge in [-0.3, -0.25) is 14.2 Å². The molecular weight excluding hydrogens is 456 g/mol. The van der Waals surface area contributed by atoms with Crippen molar-refractivity contribution in [3.63, 3.8) is 0 Å². The van der Waals surface area contributed by atoms with Gasteiger partial charge in [-0.2, -0.15) is 11.8 Å². The molecule has 0 unspecified atom stereocenters. The van der Waals surface area contributed by atoms with Crippen molar-refractivity contribution in [1.29, 1.82) is 0 Å². The number of nitrogens with zero attached hydrogens (tertiary/aromatic N) is 3. The highest BCUT2D eigenvalue weighted by atomic mass is 32.2. The molecule has 0 atom stereocenters. The minimum atomic E-state index is -0.0769. The molecule has 35 heavy (non-hydrogen) atoms. The SMILES string of the molecule is Cc1cc(C(=O)N2CCSCC2)ccc1NC(=O)CCc1nc2ccccc2n1-c1ccccc1. The van der Waals surface area contributed by atoms with Gasteiger partial charge in [0.1, 0.15) is 5.82 Å². The molecule has 0 spiro atoms. The van der Waals surface area contributed by atoms with Crippen molar-refractivity contribution in [2.45, 2.75) is 19.8 Å². The highest BCUT2D eigenvalue weighted by Crippen LogP contribution is 2.23. The van der Waals surface area contributed by atoms with E-state index in [1.807, 2.05) is 96.4 Å². The Labute approximate surface area is 209 Å². The fraction of sp³-hybridized carbons (Fsp3) is 0.250. The fourth-order valence-corrected chi connectivity index (χ4v) is 5.34. The number of fused-ring (bicyclic) bond motifs is 1. The Kier molecular flexibility index (Phi) is 6.86. The Morgan fingerprint density at radius 3 is 2.49 bits per heavy atom. The number of hydrogen-bond acceptors (Lipinski definition) is 4. The molecule has 0 aliphatic carbocycles. The zero-order chi connectivity index (χ0) is 24.2. The van der Waals surface area contributed by atoms with E-state index in [0.717, 1.165) is 58.4 Å². The van der Waals surface area contributed by atoms with Crippen LogP contribution in [0.3, 0.4) is 0 Å². The summed E-state index contributed by atoms with van der Waals surface area (Å²) in [6.45, 7) is 3.50. The van der Waals surface area contributed by atoms with Crippen LogP contribution in [0.1, 0.15) is 28.2 Å². The first-order valence-corrected chi connectivity index (χ1v) is 13.0. The second kappa shape index (κ2) is 10.4. The van der Waals surface area contributed by atoms with Gasteiger partial charge in [0.05, 0.1) is 11.0 Å². The minimum Gasteiger partial charge on any atom is -0.337 e. The molecular formula is C28H28N4O2S. The number of thioether (sulfide) groups is 1. The Hall–Kier alpha value is -3.58. The van der Waals surface area contributed by atoms with E-state index >= 15 is 0 Å². The van der Waals surface area contributed by atoms with Crippen molar-refractivity contribution in [3.05, 3.63) is 89.7 Å². The molecule has 3 aromatic carbocycles. The monoisotopic (exact) mass is 484 g/mol. The van der Waals surface area contributed by atoms with E-state index in [1.165, 1.54) is 0 Å². The standard InChI is InChI=1S/C28H28N4O2S/c1-20-19-21(28(34)31-15-17-35-18-16-31)11-12-23(20)30-27(33)14-13-26-29-24-9-5-6-10-25(24)32(26)22-7-3-2-4-8-22/h2-12,19H,13-18H2,1H3,(H,30,33). The van der Waals surface area contributed by atoms with Gasteiger partial charge in [-0.05, 0) is 55.0 Å². The third-order valence-corrected chi connectivity index (χ3v) is 7.21. The van der Waals surface area contributed by atoms with E-state index in [9.17, 15) is 9.59 Å². The number of carbonyl (C=O) groups excluding carboxylic acids is 2. The zero-order valence-electron chi connectivity index (χ0n) is 19.7. The van der Waals surface area contributed by atoms with Gasteiger partial charge in [0.25, 0.3) is 5.91 Å². The van der Waals surface area contributed by atoms with Crippen molar-refractivity contribution in [3.8, 4) is 5.69 Å². The summed E-state index contributed by atoms with van der Waals surface area (Å²) < 4.78 is 2.12. The topological polar surface area (TPSA) is 67.2 Å². The van der Waals surface area contributed by atoms with Crippen LogP contribution in [-0.2, 0) is 11.2 Å². The van der Waals surface area contributed by atoms with Crippen LogP contribution in [0.25, 0.3) is 16.7 Å². The van der Waals surface area contributed by atoms with Crippen LogP contribution in [0.2, 0.25) is 0 Å². The van der Waals surface area contributed by atoms with Gasteiger partial charge >= 0.3 is 0 Å². The number of aryl methyl sites for hydroxylation is 2. The van der Waals surface area contributed by atoms with Crippen LogP contribution in [0.5, 0.6) is 0 Å². The van der Waals surface area contributed by atoms with Crippen LogP contribution < -0.4 is 5.32 Å². The summed E-state index contributed by atoms with van der Waals surface area (Å²) >= 11 is 1.88. The zero-order valence-corrected chi connectivity index (χ0v) is 20.6. The molecule has 4 aromatic rings. The second-order valence-electron chi connectivity index (χ2n) is 8.67. The summed E-state index contributed by atoms with van der Waals surface area (Å²) in [4.78, 5) is 32.3. The average Bonchev–Trinajstić information content (AvgIpc) is 3.27. The first-order chi connectivity index (χ1) is 17.1. The van der Waals surface area contributed by atoms with Gasteiger partial charge in [0.2, 0.25) is 5.91 Å². The van der Waals surface area contributed by atoms with Gasteiger partial charge in [-0.15, -0.1) is 0 Å². The van der Waals surface area contributed by atoms with Crippen LogP contribution in [0.15, 0.2) is 72.8 Å². The molecule has 7 heteroatoms. The van der Waals surface area contributed by atoms with Gasteiger partial charge in [0.15, 0.2) is 0 Å². The molecule has 1 N–H and O–H groups in total. The molecule has 2 amide bonds. The lowest BCUT2D eigenvalue weighted by atomic mass is 10.1. The Morgan fingerprint density at radius 1 is 0.971 bits per heavy atom. The van der Waals surface area contributed by atoms with Crippen molar-refractivity contribution in [2.24, 2.45) is 0 Å². The summed E-state index contributed by atoms with van der Waals surface area (Å²) in [5.74, 6) is 2.80. The summed E-state index contributed by atoms with van der Waals surface area (Å²) in [6.07, 6.45) is 0.819. The number of carbonyl (C=O) groups is 2. The maximum Gasteiger partial charge on any atom is 0.253 e. The highest BCUT2D eigenvalue weighted by Gasteiger charge is 2.19. The molecule has 1 fully saturated rings. The van der Waals surface area contributed by atoms with Crippen LogP contribution in [0, 0.1) is 6.92 Å². The van der Waals surface area contributed by atoms with E-state index in [1.54, 1.807) is 0 Å². The molecule has 178 valence electrons. The maximum atomic E-state index is 12.8. The maximum absolute atomic E-state index is 12.8. The van der Waals surface area contributed by atoms with Crippen molar-refractivity contribution < 1.29 is 9.59 Å². The highest BCUT2D eigenvalue weighted by molar-refractivity contribution is 7.99. The summed E-state index contributed by atoms with van der Waals surface area (Å²) in [5, 5.41) is 3.01. The normalized spacial score (nSPS) is 13.7. The Balaban J connectivity index is 1.28. The van der Waals surface area contributed by atoms with Crippen molar-refractivity contribution >= 4 is 40.3 Å². The first kappa shape index (κ1) is 23.2. The number of nitrogens with one attached hydrogen (secondary N) is 1. The fourth-order valence-electron chi connectivity index (χ4n) is 4.43. The van der Waals surface area contributed by atoms with Crippen LogP contribution in [0.4, 0.5) is 5.69 Å². The van der Waals surface area contributed by atoms with E-state index in [-0.39, 0.29) is 11.8 Å². The largest absolute Gasteiger partial charge is 0.337 e. The summed E-state index contributed by atoms with van der Waals surface area (Å²) in [6, 6.07) is 23.6. The van der Waals surface area contributed by atoms with Crippen LogP contribution in [-0.4, -0.2) is 50.9 Å². The van der Waals surface area contributed by atoms with Crippen molar-refractivity contribution in [2.75, 3.05) is 29.9 Å². The summed E-state index contributed by atoms with van der Waals surface area (Å²) in [7, 11) is 0.